The molecule has 4 heteroatoms. The third-order valence-electron chi connectivity index (χ3n) is 5.63. The highest BCUT2D eigenvalue weighted by Gasteiger charge is 2.36. The lowest BCUT2D eigenvalue weighted by atomic mass is 10.1. The highest BCUT2D eigenvalue weighted by atomic mass is 16.5. The molecule has 0 aliphatic carbocycles. The Hall–Kier alpha value is -3.27. The van der Waals surface area contributed by atoms with E-state index in [1.807, 2.05) is 12.1 Å². The minimum Gasteiger partial charge on any atom is -0.468 e. The molecule has 0 saturated carbocycles. The molecule has 0 saturated heterocycles. The first kappa shape index (κ1) is 17.8. The number of hydrogen-bond donors (Lipinski definition) is 0. The predicted molar refractivity (Wildman–Crippen MR) is 117 cm³/mol. The second-order valence-electron chi connectivity index (χ2n) is 7.92. The van der Waals surface area contributed by atoms with Gasteiger partial charge in [-0.1, -0.05) is 56.3 Å². The average Bonchev–Trinajstić information content (AvgIpc) is 3.27. The standard InChI is InChI=1S/C25H24N2O2/c1-15(2)22-17(4)27(25(29-22)18-9-6-5-7-10-18)21-16(3)12-13-19-20-11-8-14-26-24(20)28-23(19)21/h5-15,25H,1-4H3. The molecule has 1 aliphatic heterocycles. The Balaban J connectivity index is 1.79. The summed E-state index contributed by atoms with van der Waals surface area (Å²) >= 11 is 0. The fourth-order valence-corrected chi connectivity index (χ4v) is 4.28. The van der Waals surface area contributed by atoms with E-state index in [0.717, 1.165) is 44.6 Å². The number of aromatic nitrogens is 1. The average molecular weight is 384 g/mol. The number of fused-ring (bicyclic) bond motifs is 3. The fourth-order valence-electron chi connectivity index (χ4n) is 4.28. The molecule has 1 aliphatic rings. The first-order valence-corrected chi connectivity index (χ1v) is 10.0. The zero-order valence-corrected chi connectivity index (χ0v) is 17.1. The van der Waals surface area contributed by atoms with Gasteiger partial charge in [0.25, 0.3) is 0 Å². The molecular formula is C25H24N2O2. The van der Waals surface area contributed by atoms with Crippen LogP contribution in [0.1, 0.15) is 38.1 Å². The van der Waals surface area contributed by atoms with Crippen LogP contribution in [0.25, 0.3) is 22.1 Å². The van der Waals surface area contributed by atoms with Crippen molar-refractivity contribution in [3.63, 3.8) is 0 Å². The Labute approximate surface area is 170 Å². The molecule has 0 amide bonds. The minimum atomic E-state index is -0.223. The second-order valence-corrected chi connectivity index (χ2v) is 7.92. The monoisotopic (exact) mass is 384 g/mol. The highest BCUT2D eigenvalue weighted by Crippen LogP contribution is 2.47. The van der Waals surface area contributed by atoms with Crippen LogP contribution in [0.2, 0.25) is 0 Å². The molecule has 2 aromatic heterocycles. The SMILES string of the molecule is CC1=C(C(C)C)OC(c2ccccc2)N1c1c(C)ccc2c1oc1ncccc12. The van der Waals surface area contributed by atoms with Gasteiger partial charge in [0.2, 0.25) is 11.9 Å². The zero-order valence-electron chi connectivity index (χ0n) is 17.1. The lowest BCUT2D eigenvalue weighted by molar-refractivity contribution is 0.127. The number of anilines is 1. The van der Waals surface area contributed by atoms with Crippen LogP contribution < -0.4 is 4.90 Å². The van der Waals surface area contributed by atoms with E-state index in [9.17, 15) is 0 Å². The molecule has 4 aromatic rings. The lowest BCUT2D eigenvalue weighted by Gasteiger charge is -2.28. The fraction of sp³-hybridized carbons (Fsp3) is 0.240. The number of ether oxygens (including phenoxy) is 1. The topological polar surface area (TPSA) is 38.5 Å². The molecule has 4 nitrogen and oxygen atoms in total. The van der Waals surface area contributed by atoms with Gasteiger partial charge >= 0.3 is 0 Å². The van der Waals surface area contributed by atoms with E-state index in [-0.39, 0.29) is 6.23 Å². The van der Waals surface area contributed by atoms with Crippen LogP contribution in [-0.2, 0) is 4.74 Å². The summed E-state index contributed by atoms with van der Waals surface area (Å²) in [5, 5.41) is 2.11. The van der Waals surface area contributed by atoms with Crippen LogP contribution in [-0.4, -0.2) is 4.98 Å². The molecular weight excluding hydrogens is 360 g/mol. The molecule has 0 radical (unpaired) electrons. The van der Waals surface area contributed by atoms with Crippen molar-refractivity contribution in [1.29, 1.82) is 0 Å². The third-order valence-corrected chi connectivity index (χ3v) is 5.63. The molecule has 1 unspecified atom stereocenters. The molecule has 2 aromatic carbocycles. The van der Waals surface area contributed by atoms with Crippen LogP contribution in [0.15, 0.2) is 76.7 Å². The van der Waals surface area contributed by atoms with Crippen molar-refractivity contribution in [2.24, 2.45) is 5.92 Å². The van der Waals surface area contributed by atoms with Gasteiger partial charge in [-0.05, 0) is 31.5 Å². The maximum atomic E-state index is 6.51. The van der Waals surface area contributed by atoms with Crippen LogP contribution in [0, 0.1) is 12.8 Å². The number of pyridine rings is 1. The molecule has 3 heterocycles. The van der Waals surface area contributed by atoms with Crippen molar-refractivity contribution >= 4 is 27.8 Å². The van der Waals surface area contributed by atoms with Gasteiger partial charge in [-0.25, -0.2) is 4.98 Å². The highest BCUT2D eigenvalue weighted by molar-refractivity contribution is 6.08. The Bertz CT molecular complexity index is 1240. The summed E-state index contributed by atoms with van der Waals surface area (Å²) in [4.78, 5) is 6.71. The summed E-state index contributed by atoms with van der Waals surface area (Å²) in [6, 6.07) is 18.7. The normalized spacial score (nSPS) is 17.0. The van der Waals surface area contributed by atoms with Gasteiger partial charge in [0.05, 0.1) is 11.4 Å². The molecule has 146 valence electrons. The minimum absolute atomic E-state index is 0.223. The summed E-state index contributed by atoms with van der Waals surface area (Å²) in [6.07, 6.45) is 1.55. The van der Waals surface area contributed by atoms with Gasteiger partial charge in [0.1, 0.15) is 5.76 Å². The largest absolute Gasteiger partial charge is 0.468 e. The van der Waals surface area contributed by atoms with Crippen molar-refractivity contribution in [3.8, 4) is 0 Å². The van der Waals surface area contributed by atoms with Crippen molar-refractivity contribution < 1.29 is 9.15 Å². The Morgan fingerprint density at radius 1 is 0.931 bits per heavy atom. The van der Waals surface area contributed by atoms with E-state index in [0.29, 0.717) is 11.6 Å². The number of rotatable bonds is 3. The van der Waals surface area contributed by atoms with Gasteiger partial charge in [-0.15, -0.1) is 0 Å². The Morgan fingerprint density at radius 3 is 2.48 bits per heavy atom. The van der Waals surface area contributed by atoms with Crippen molar-refractivity contribution in [2.45, 2.75) is 33.9 Å². The summed E-state index contributed by atoms with van der Waals surface area (Å²) < 4.78 is 12.8. The molecule has 5 rings (SSSR count). The summed E-state index contributed by atoms with van der Waals surface area (Å²) in [5.74, 6) is 1.31. The molecule has 0 N–H and O–H groups in total. The Kier molecular flexibility index (Phi) is 4.09. The Morgan fingerprint density at radius 2 is 1.72 bits per heavy atom. The zero-order chi connectivity index (χ0) is 20.1. The molecule has 29 heavy (non-hydrogen) atoms. The smallest absolute Gasteiger partial charge is 0.227 e. The van der Waals surface area contributed by atoms with Crippen LogP contribution in [0.4, 0.5) is 5.69 Å². The maximum absolute atomic E-state index is 6.51. The number of benzene rings is 2. The van der Waals surface area contributed by atoms with Gasteiger partial charge in [-0.3, -0.25) is 4.90 Å². The number of hydrogen-bond acceptors (Lipinski definition) is 4. The molecule has 0 spiro atoms. The first-order valence-electron chi connectivity index (χ1n) is 10.0. The summed E-state index contributed by atoms with van der Waals surface area (Å²) in [7, 11) is 0. The predicted octanol–water partition coefficient (Wildman–Crippen LogP) is 6.71. The number of nitrogens with zero attached hydrogens (tertiary/aromatic N) is 2. The van der Waals surface area contributed by atoms with Gasteiger partial charge in [0.15, 0.2) is 5.58 Å². The number of furan rings is 1. The van der Waals surface area contributed by atoms with E-state index in [1.165, 1.54) is 0 Å². The molecule has 0 bridgehead atoms. The van der Waals surface area contributed by atoms with Gasteiger partial charge in [0, 0.05) is 28.5 Å². The number of allylic oxidation sites excluding steroid dienone is 2. The van der Waals surface area contributed by atoms with Crippen LogP contribution in [0.5, 0.6) is 0 Å². The second kappa shape index (κ2) is 6.66. The summed E-state index contributed by atoms with van der Waals surface area (Å²) in [5.41, 5.74) is 5.95. The van der Waals surface area contributed by atoms with Crippen LogP contribution in [0.3, 0.4) is 0 Å². The van der Waals surface area contributed by atoms with Gasteiger partial charge < -0.3 is 9.15 Å². The van der Waals surface area contributed by atoms with E-state index < -0.39 is 0 Å². The molecule has 0 fully saturated rings. The molecule has 1 atom stereocenters. The lowest BCUT2D eigenvalue weighted by Crippen LogP contribution is -2.24. The van der Waals surface area contributed by atoms with E-state index in [1.54, 1.807) is 6.20 Å². The van der Waals surface area contributed by atoms with Gasteiger partial charge in [-0.2, -0.15) is 0 Å². The van der Waals surface area contributed by atoms with E-state index in [4.69, 9.17) is 9.15 Å². The maximum Gasteiger partial charge on any atom is 0.227 e. The van der Waals surface area contributed by atoms with Crippen LogP contribution >= 0.6 is 0 Å². The quantitative estimate of drug-likeness (QED) is 0.393. The summed E-state index contributed by atoms with van der Waals surface area (Å²) in [6.45, 7) is 8.60. The first-order chi connectivity index (χ1) is 14.1. The van der Waals surface area contributed by atoms with Crippen molar-refractivity contribution in [3.05, 3.63) is 83.4 Å². The van der Waals surface area contributed by atoms with Crippen molar-refractivity contribution in [1.82, 2.24) is 4.98 Å². The van der Waals surface area contributed by atoms with E-state index >= 15 is 0 Å². The third kappa shape index (κ3) is 2.70. The van der Waals surface area contributed by atoms with Crippen molar-refractivity contribution in [2.75, 3.05) is 4.90 Å². The number of aryl methyl sites for hydroxylation is 1. The van der Waals surface area contributed by atoms with E-state index in [2.05, 4.69) is 80.0 Å².